The van der Waals surface area contributed by atoms with E-state index in [2.05, 4.69) is 11.4 Å². The molecule has 4 N–H and O–H groups in total. The van der Waals surface area contributed by atoms with Crippen LogP contribution in [0.5, 0.6) is 5.75 Å². The number of fused-ring (bicyclic) bond motifs is 1. The largest absolute Gasteiger partial charge is 0.493 e. The molecule has 0 radical (unpaired) electrons. The molecular formula is C28H33N3O3. The molecule has 34 heavy (non-hydrogen) atoms. The number of hydrogen-bond acceptors (Lipinski definition) is 5. The van der Waals surface area contributed by atoms with Crippen LogP contribution in [0, 0.1) is 11.3 Å². The van der Waals surface area contributed by atoms with E-state index >= 15 is 0 Å². The van der Waals surface area contributed by atoms with E-state index in [0.717, 1.165) is 60.2 Å². The van der Waals surface area contributed by atoms with Crippen molar-refractivity contribution in [3.63, 3.8) is 0 Å². The summed E-state index contributed by atoms with van der Waals surface area (Å²) < 4.78 is 11.4. The zero-order chi connectivity index (χ0) is 23.9. The molecule has 1 fully saturated rings. The van der Waals surface area contributed by atoms with Gasteiger partial charge in [-0.15, -0.1) is 0 Å². The maximum absolute atomic E-state index is 12.9. The molecule has 1 atom stereocenters. The van der Waals surface area contributed by atoms with Gasteiger partial charge >= 0.3 is 5.97 Å². The predicted molar refractivity (Wildman–Crippen MR) is 136 cm³/mol. The minimum absolute atomic E-state index is 0.0409. The second kappa shape index (κ2) is 11.2. The van der Waals surface area contributed by atoms with Crippen molar-refractivity contribution in [3.05, 3.63) is 77.4 Å². The van der Waals surface area contributed by atoms with Crippen molar-refractivity contribution in [1.82, 2.24) is 5.32 Å². The maximum Gasteiger partial charge on any atom is 0.313 e. The summed E-state index contributed by atoms with van der Waals surface area (Å²) in [5, 5.41) is 13.1. The number of rotatable bonds is 9. The second-order valence-electron chi connectivity index (χ2n) is 8.89. The van der Waals surface area contributed by atoms with Crippen molar-refractivity contribution < 1.29 is 14.3 Å². The molecule has 1 saturated heterocycles. The van der Waals surface area contributed by atoms with Crippen LogP contribution in [0.2, 0.25) is 0 Å². The first kappa shape index (κ1) is 23.8. The first-order valence-electron chi connectivity index (χ1n) is 12.0. The normalized spacial score (nSPS) is 15.1. The summed E-state index contributed by atoms with van der Waals surface area (Å²) in [7, 11) is 0. The Kier molecular flexibility index (Phi) is 7.80. The fraction of sp³-hybridized carbons (Fsp3) is 0.357. The lowest BCUT2D eigenvalue weighted by Crippen LogP contribution is -2.30. The van der Waals surface area contributed by atoms with Gasteiger partial charge in [-0.3, -0.25) is 10.2 Å². The molecule has 1 aliphatic heterocycles. The van der Waals surface area contributed by atoms with Gasteiger partial charge in [0.1, 0.15) is 11.6 Å². The maximum atomic E-state index is 12.9. The van der Waals surface area contributed by atoms with Gasteiger partial charge in [-0.2, -0.15) is 0 Å². The summed E-state index contributed by atoms with van der Waals surface area (Å²) in [6, 6.07) is 19.7. The van der Waals surface area contributed by atoms with Crippen molar-refractivity contribution in [1.29, 1.82) is 5.41 Å². The smallest absolute Gasteiger partial charge is 0.313 e. The highest BCUT2D eigenvalue weighted by atomic mass is 16.5. The molecule has 0 bridgehead atoms. The summed E-state index contributed by atoms with van der Waals surface area (Å²) in [6.45, 7) is 5.00. The van der Waals surface area contributed by atoms with Crippen LogP contribution in [0.4, 0.5) is 0 Å². The van der Waals surface area contributed by atoms with Gasteiger partial charge in [-0.1, -0.05) is 42.5 Å². The van der Waals surface area contributed by atoms with Crippen LogP contribution in [-0.4, -0.2) is 38.1 Å². The fourth-order valence-electron chi connectivity index (χ4n) is 4.47. The molecule has 1 unspecified atom stereocenters. The topological polar surface area (TPSA) is 97.4 Å². The highest BCUT2D eigenvalue weighted by molar-refractivity contribution is 5.99. The lowest BCUT2D eigenvalue weighted by atomic mass is 9.91. The van der Waals surface area contributed by atoms with Gasteiger partial charge in [0.15, 0.2) is 0 Å². The van der Waals surface area contributed by atoms with Crippen LogP contribution < -0.4 is 15.8 Å². The summed E-state index contributed by atoms with van der Waals surface area (Å²) >= 11 is 0. The van der Waals surface area contributed by atoms with Gasteiger partial charge < -0.3 is 20.5 Å². The third-order valence-corrected chi connectivity index (χ3v) is 6.45. The Morgan fingerprint density at radius 3 is 2.50 bits per heavy atom. The fourth-order valence-corrected chi connectivity index (χ4v) is 4.47. The molecule has 0 spiro atoms. The number of hydrogen-bond donors (Lipinski definition) is 3. The molecule has 3 aromatic carbocycles. The minimum atomic E-state index is -0.410. The van der Waals surface area contributed by atoms with Gasteiger partial charge in [0.25, 0.3) is 0 Å². The highest BCUT2D eigenvalue weighted by Gasteiger charge is 2.23. The molecule has 0 amide bonds. The molecule has 0 saturated carbocycles. The molecule has 6 nitrogen and oxygen atoms in total. The van der Waals surface area contributed by atoms with E-state index in [9.17, 15) is 4.79 Å². The SMILES string of the molecule is CCOC(=O)C(Cc1ccc2ccc(C(=N)N)cc2c1)c1ccc(OCC2CCNCC2)cc1. The van der Waals surface area contributed by atoms with Gasteiger partial charge in [0.2, 0.25) is 0 Å². The van der Waals surface area contributed by atoms with Gasteiger partial charge in [0.05, 0.1) is 19.1 Å². The zero-order valence-corrected chi connectivity index (χ0v) is 19.7. The number of nitrogens with two attached hydrogens (primary N) is 1. The predicted octanol–water partition coefficient (Wildman–Crippen LogP) is 4.39. The monoisotopic (exact) mass is 459 g/mol. The Morgan fingerprint density at radius 1 is 1.06 bits per heavy atom. The Hall–Kier alpha value is -3.38. The summed E-state index contributed by atoms with van der Waals surface area (Å²) in [5.41, 5.74) is 8.28. The van der Waals surface area contributed by atoms with Crippen LogP contribution >= 0.6 is 0 Å². The Morgan fingerprint density at radius 2 is 1.79 bits per heavy atom. The number of piperidine rings is 1. The number of amidine groups is 1. The minimum Gasteiger partial charge on any atom is -0.493 e. The molecule has 1 heterocycles. The molecule has 6 heteroatoms. The number of benzene rings is 3. The quantitative estimate of drug-likeness (QED) is 0.250. The molecular weight excluding hydrogens is 426 g/mol. The lowest BCUT2D eigenvalue weighted by molar-refractivity contribution is -0.144. The second-order valence-corrected chi connectivity index (χ2v) is 8.89. The Balaban J connectivity index is 1.51. The Bertz CT molecular complexity index is 1140. The van der Waals surface area contributed by atoms with E-state index in [1.807, 2.05) is 61.5 Å². The number of ether oxygens (including phenoxy) is 2. The highest BCUT2D eigenvalue weighted by Crippen LogP contribution is 2.27. The molecule has 0 aliphatic carbocycles. The standard InChI is InChI=1S/C28H33N3O3/c1-2-33-28(32)26(16-20-3-4-21-5-6-23(27(29)30)17-24(21)15-20)22-7-9-25(10-8-22)34-18-19-11-13-31-14-12-19/h3-10,15,17,19,26,31H,2,11-14,16,18H2,1H3,(H3,29,30). The number of esters is 1. The van der Waals surface area contributed by atoms with Gasteiger partial charge in [0, 0.05) is 5.56 Å². The van der Waals surface area contributed by atoms with Crippen molar-refractivity contribution in [2.75, 3.05) is 26.3 Å². The van der Waals surface area contributed by atoms with E-state index < -0.39 is 5.92 Å². The van der Waals surface area contributed by atoms with Crippen LogP contribution in [0.1, 0.15) is 42.4 Å². The lowest BCUT2D eigenvalue weighted by Gasteiger charge is -2.22. The molecule has 1 aliphatic rings. The van der Waals surface area contributed by atoms with Crippen molar-refractivity contribution in [2.24, 2.45) is 11.7 Å². The van der Waals surface area contributed by atoms with Crippen LogP contribution in [-0.2, 0) is 16.0 Å². The van der Waals surface area contributed by atoms with E-state index in [4.69, 9.17) is 20.6 Å². The number of nitrogens with one attached hydrogen (secondary N) is 2. The molecule has 178 valence electrons. The zero-order valence-electron chi connectivity index (χ0n) is 19.7. The number of nitrogen functional groups attached to an aromatic ring is 1. The van der Waals surface area contributed by atoms with Crippen LogP contribution in [0.15, 0.2) is 60.7 Å². The summed E-state index contributed by atoms with van der Waals surface area (Å²) in [6.07, 6.45) is 2.81. The first-order valence-corrected chi connectivity index (χ1v) is 12.0. The van der Waals surface area contributed by atoms with Crippen LogP contribution in [0.25, 0.3) is 10.8 Å². The van der Waals surface area contributed by atoms with E-state index in [-0.39, 0.29) is 11.8 Å². The van der Waals surface area contributed by atoms with E-state index in [1.54, 1.807) is 0 Å². The van der Waals surface area contributed by atoms with E-state index in [1.165, 1.54) is 0 Å². The number of carbonyl (C=O) groups excluding carboxylic acids is 1. The van der Waals surface area contributed by atoms with Crippen molar-refractivity contribution in [3.8, 4) is 5.75 Å². The number of carbonyl (C=O) groups is 1. The van der Waals surface area contributed by atoms with Crippen LogP contribution in [0.3, 0.4) is 0 Å². The van der Waals surface area contributed by atoms with Crippen molar-refractivity contribution >= 4 is 22.6 Å². The molecule has 0 aromatic heterocycles. The first-order chi connectivity index (χ1) is 16.5. The van der Waals surface area contributed by atoms with Gasteiger partial charge in [-0.25, -0.2) is 0 Å². The third-order valence-electron chi connectivity index (χ3n) is 6.45. The molecule has 3 aromatic rings. The summed E-state index contributed by atoms with van der Waals surface area (Å²) in [4.78, 5) is 12.9. The van der Waals surface area contributed by atoms with Gasteiger partial charge in [-0.05, 0) is 85.3 Å². The average Bonchev–Trinajstić information content (AvgIpc) is 2.86. The third kappa shape index (κ3) is 5.94. The molecule has 4 rings (SSSR count). The van der Waals surface area contributed by atoms with Crippen molar-refractivity contribution in [2.45, 2.75) is 32.1 Å². The summed E-state index contributed by atoms with van der Waals surface area (Å²) in [5.74, 6) is 0.812. The average molecular weight is 460 g/mol. The Labute approximate surface area is 201 Å². The van der Waals surface area contributed by atoms with E-state index in [0.29, 0.717) is 24.5 Å².